The van der Waals surface area contributed by atoms with E-state index in [1.54, 1.807) is 22.1 Å². The highest BCUT2D eigenvalue weighted by molar-refractivity contribution is 7.71. The maximum absolute atomic E-state index is 13.7. The molecule has 26 heavy (non-hydrogen) atoms. The highest BCUT2D eigenvalue weighted by Crippen LogP contribution is 2.38. The van der Waals surface area contributed by atoms with Gasteiger partial charge in [0.1, 0.15) is 5.65 Å². The van der Waals surface area contributed by atoms with Crippen LogP contribution in [0, 0.1) is 4.77 Å². The highest BCUT2D eigenvalue weighted by atomic mass is 32.1. The number of aromatic nitrogens is 3. The molecule has 3 aromatic rings. The number of alkyl halides is 3. The molecule has 1 fully saturated rings. The molecule has 1 N–H and O–H groups in total. The van der Waals surface area contributed by atoms with E-state index in [0.717, 1.165) is 31.7 Å². The Labute approximate surface area is 155 Å². The van der Waals surface area contributed by atoms with Gasteiger partial charge in [-0.15, -0.1) is 11.3 Å². The predicted molar refractivity (Wildman–Crippen MR) is 97.0 cm³/mol. The largest absolute Gasteiger partial charge is 0.417 e. The molecule has 0 amide bonds. The molecule has 1 aliphatic carbocycles. The Kier molecular flexibility index (Phi) is 4.23. The summed E-state index contributed by atoms with van der Waals surface area (Å²) in [5, 5.41) is 1.33. The first kappa shape index (κ1) is 17.4. The highest BCUT2D eigenvalue weighted by Gasteiger charge is 2.36. The number of nitrogens with zero attached hydrogens (tertiary/aromatic N) is 2. The summed E-state index contributed by atoms with van der Waals surface area (Å²) < 4.78 is 42.9. The number of hydrogen-bond acceptors (Lipinski definition) is 4. The van der Waals surface area contributed by atoms with Gasteiger partial charge in [0.25, 0.3) is 5.56 Å². The molecule has 0 aliphatic heterocycles. The Bertz CT molecular complexity index is 1080. The number of hydrogen-bond donors (Lipinski definition) is 1. The van der Waals surface area contributed by atoms with Gasteiger partial charge in [0, 0.05) is 6.04 Å². The van der Waals surface area contributed by atoms with E-state index in [4.69, 9.17) is 12.2 Å². The lowest BCUT2D eigenvalue weighted by atomic mass is 10.1. The SMILES string of the molecule is O=c1[nH]c(=S)n(C2CCCC2)c2nc(-c3cccs3)cc(C(F)(F)F)c12. The van der Waals surface area contributed by atoms with Gasteiger partial charge in [-0.1, -0.05) is 18.9 Å². The minimum absolute atomic E-state index is 0.0175. The standard InChI is InChI=1S/C17H14F3N3OS2/c18-17(19,20)10-8-11(12-6-3-7-26-12)21-14-13(10)15(24)22-16(25)23(14)9-4-1-2-5-9/h3,6-9H,1-2,4-5H2,(H,22,24,25). The summed E-state index contributed by atoms with van der Waals surface area (Å²) in [6.07, 6.45) is -1.10. The molecule has 0 radical (unpaired) electrons. The first-order valence-electron chi connectivity index (χ1n) is 8.17. The molecule has 0 atom stereocenters. The van der Waals surface area contributed by atoms with Crippen molar-refractivity contribution in [1.29, 1.82) is 0 Å². The molecular formula is C17H14F3N3OS2. The molecule has 4 nitrogen and oxygen atoms in total. The van der Waals surface area contributed by atoms with Gasteiger partial charge >= 0.3 is 6.18 Å². The van der Waals surface area contributed by atoms with Crippen LogP contribution in [0.2, 0.25) is 0 Å². The third-order valence-corrected chi connectivity index (χ3v) is 5.85. The van der Waals surface area contributed by atoms with Gasteiger partial charge in [0.2, 0.25) is 0 Å². The fourth-order valence-corrected chi connectivity index (χ4v) is 4.54. The van der Waals surface area contributed by atoms with Gasteiger partial charge in [0.15, 0.2) is 4.77 Å². The molecule has 9 heteroatoms. The van der Waals surface area contributed by atoms with Crippen LogP contribution in [0.3, 0.4) is 0 Å². The number of rotatable bonds is 2. The zero-order valence-electron chi connectivity index (χ0n) is 13.5. The number of aromatic amines is 1. The van der Waals surface area contributed by atoms with E-state index in [2.05, 4.69) is 9.97 Å². The fourth-order valence-electron chi connectivity index (χ4n) is 3.52. The summed E-state index contributed by atoms with van der Waals surface area (Å²) >= 11 is 6.57. The van der Waals surface area contributed by atoms with Crippen LogP contribution in [-0.4, -0.2) is 14.5 Å². The summed E-state index contributed by atoms with van der Waals surface area (Å²) in [5.74, 6) is 0. The maximum Gasteiger partial charge on any atom is 0.417 e. The first-order chi connectivity index (χ1) is 12.4. The molecule has 136 valence electrons. The Hall–Kier alpha value is -2.00. The second-order valence-corrected chi connectivity index (χ2v) is 7.63. The van der Waals surface area contributed by atoms with Crippen LogP contribution in [0.25, 0.3) is 21.6 Å². The van der Waals surface area contributed by atoms with Gasteiger partial charge in [-0.25, -0.2) is 4.98 Å². The van der Waals surface area contributed by atoms with Crippen molar-refractivity contribution in [3.8, 4) is 10.6 Å². The monoisotopic (exact) mass is 397 g/mol. The van der Waals surface area contributed by atoms with Crippen molar-refractivity contribution in [2.24, 2.45) is 0 Å². The van der Waals surface area contributed by atoms with Crippen molar-refractivity contribution in [1.82, 2.24) is 14.5 Å². The summed E-state index contributed by atoms with van der Waals surface area (Å²) in [4.78, 5) is 19.8. The third-order valence-electron chi connectivity index (χ3n) is 4.66. The number of nitrogens with one attached hydrogen (secondary N) is 1. The van der Waals surface area contributed by atoms with Crippen molar-refractivity contribution in [3.63, 3.8) is 0 Å². The lowest BCUT2D eigenvalue weighted by Crippen LogP contribution is -2.22. The topological polar surface area (TPSA) is 50.7 Å². The molecule has 4 rings (SSSR count). The second kappa shape index (κ2) is 6.31. The van der Waals surface area contributed by atoms with Gasteiger partial charge in [-0.05, 0) is 42.6 Å². The van der Waals surface area contributed by atoms with Gasteiger partial charge in [-0.3, -0.25) is 14.3 Å². The maximum atomic E-state index is 13.7. The normalized spacial score (nSPS) is 15.8. The number of H-pyrrole nitrogens is 1. The van der Waals surface area contributed by atoms with E-state index in [-0.39, 0.29) is 22.2 Å². The smallest absolute Gasteiger partial charge is 0.299 e. The van der Waals surface area contributed by atoms with E-state index in [9.17, 15) is 18.0 Å². The minimum atomic E-state index is -4.67. The number of fused-ring (bicyclic) bond motifs is 1. The fraction of sp³-hybridized carbons (Fsp3) is 0.353. The summed E-state index contributed by atoms with van der Waals surface area (Å²) in [5.41, 5.74) is -1.61. The Balaban J connectivity index is 2.14. The van der Waals surface area contributed by atoms with E-state index in [1.165, 1.54) is 11.3 Å². The zero-order chi connectivity index (χ0) is 18.5. The molecule has 1 saturated carbocycles. The molecule has 0 aromatic carbocycles. The van der Waals surface area contributed by atoms with E-state index in [0.29, 0.717) is 4.88 Å². The van der Waals surface area contributed by atoms with E-state index in [1.807, 2.05) is 0 Å². The third kappa shape index (κ3) is 2.88. The van der Waals surface area contributed by atoms with Crippen LogP contribution in [0.1, 0.15) is 37.3 Å². The van der Waals surface area contributed by atoms with Crippen molar-refractivity contribution >= 4 is 34.6 Å². The van der Waals surface area contributed by atoms with Crippen LogP contribution >= 0.6 is 23.6 Å². The molecule has 0 bridgehead atoms. The molecular weight excluding hydrogens is 383 g/mol. The van der Waals surface area contributed by atoms with E-state index >= 15 is 0 Å². The number of pyridine rings is 1. The van der Waals surface area contributed by atoms with Crippen molar-refractivity contribution < 1.29 is 13.2 Å². The first-order valence-corrected chi connectivity index (χ1v) is 9.45. The second-order valence-electron chi connectivity index (χ2n) is 6.30. The average molecular weight is 397 g/mol. The Morgan fingerprint density at radius 1 is 1.31 bits per heavy atom. The summed E-state index contributed by atoms with van der Waals surface area (Å²) in [6.45, 7) is 0. The van der Waals surface area contributed by atoms with Crippen LogP contribution in [0.5, 0.6) is 0 Å². The lowest BCUT2D eigenvalue weighted by Gasteiger charge is -2.19. The van der Waals surface area contributed by atoms with Crippen molar-refractivity contribution in [2.75, 3.05) is 0 Å². The number of thiophene rings is 1. The Morgan fingerprint density at radius 3 is 2.65 bits per heavy atom. The van der Waals surface area contributed by atoms with Crippen molar-refractivity contribution in [2.45, 2.75) is 37.9 Å². The minimum Gasteiger partial charge on any atom is -0.299 e. The molecule has 0 spiro atoms. The van der Waals surface area contributed by atoms with Crippen LogP contribution in [0.4, 0.5) is 13.2 Å². The van der Waals surface area contributed by atoms with Crippen LogP contribution < -0.4 is 5.56 Å². The lowest BCUT2D eigenvalue weighted by molar-refractivity contribution is -0.136. The zero-order valence-corrected chi connectivity index (χ0v) is 15.1. The molecule has 0 saturated heterocycles. The van der Waals surface area contributed by atoms with Gasteiger partial charge in [0.05, 0.1) is 21.5 Å². The molecule has 3 aromatic heterocycles. The Morgan fingerprint density at radius 2 is 2.04 bits per heavy atom. The van der Waals surface area contributed by atoms with Crippen LogP contribution in [-0.2, 0) is 6.18 Å². The quantitative estimate of drug-likeness (QED) is 0.596. The van der Waals surface area contributed by atoms with E-state index < -0.39 is 22.7 Å². The average Bonchev–Trinajstić information content (AvgIpc) is 3.26. The molecule has 1 aliphatic rings. The summed E-state index contributed by atoms with van der Waals surface area (Å²) in [6, 6.07) is 4.36. The molecule has 0 unspecified atom stereocenters. The molecule has 3 heterocycles. The van der Waals surface area contributed by atoms with Gasteiger partial charge in [-0.2, -0.15) is 13.2 Å². The predicted octanol–water partition coefficient (Wildman–Crippen LogP) is 5.32. The van der Waals surface area contributed by atoms with Gasteiger partial charge < -0.3 is 0 Å². The summed E-state index contributed by atoms with van der Waals surface area (Å²) in [7, 11) is 0. The van der Waals surface area contributed by atoms with Crippen molar-refractivity contribution in [3.05, 3.63) is 44.3 Å². The van der Waals surface area contributed by atoms with Crippen LogP contribution in [0.15, 0.2) is 28.4 Å². The number of halogens is 3.